The number of nitrogens with zero attached hydrogens (tertiary/aromatic N) is 1. The third kappa shape index (κ3) is 10.2. The Morgan fingerprint density at radius 2 is 1.36 bits per heavy atom. The van der Waals surface area contributed by atoms with E-state index in [1.807, 2.05) is 0 Å². The summed E-state index contributed by atoms with van der Waals surface area (Å²) in [5.74, 6) is -0.373. The van der Waals surface area contributed by atoms with Gasteiger partial charge in [0.25, 0.3) is 0 Å². The molecule has 0 aliphatic rings. The van der Waals surface area contributed by atoms with Crippen LogP contribution in [0.5, 0.6) is 0 Å². The van der Waals surface area contributed by atoms with Gasteiger partial charge in [0.05, 0.1) is 46.1 Å². The summed E-state index contributed by atoms with van der Waals surface area (Å²) in [4.78, 5) is 11.1. The summed E-state index contributed by atoms with van der Waals surface area (Å²) in [7, 11) is 0. The topological polar surface area (TPSA) is 44.8 Å². The van der Waals surface area contributed by atoms with Crippen molar-refractivity contribution in [2.75, 3.05) is 59.2 Å². The number of halogens is 1. The first kappa shape index (κ1) is 23.6. The average molecular weight is 338 g/mol. The first-order valence-corrected chi connectivity index (χ1v) is 7.84. The summed E-state index contributed by atoms with van der Waals surface area (Å²) in [5, 5.41) is 0. The van der Waals surface area contributed by atoms with Gasteiger partial charge < -0.3 is 31.1 Å². The highest BCUT2D eigenvalue weighted by Crippen LogP contribution is 2.04. The van der Waals surface area contributed by atoms with Gasteiger partial charge in [0.2, 0.25) is 0 Å². The third-order valence-electron chi connectivity index (χ3n) is 3.90. The molecule has 0 heterocycles. The van der Waals surface area contributed by atoms with Crippen LogP contribution in [-0.4, -0.2) is 69.7 Å². The smallest absolute Gasteiger partial charge is 0.333 e. The number of hydrogen-bond donors (Lipinski definition) is 0. The lowest BCUT2D eigenvalue weighted by Gasteiger charge is -2.35. The second-order valence-electron chi connectivity index (χ2n) is 5.15. The van der Waals surface area contributed by atoms with Gasteiger partial charge in [-0.2, -0.15) is 0 Å². The van der Waals surface area contributed by atoms with E-state index in [1.54, 1.807) is 6.92 Å². The molecule has 132 valence electrons. The molecule has 0 rings (SSSR count). The molecule has 0 spiro atoms. The Morgan fingerprint density at radius 1 is 0.909 bits per heavy atom. The molecule has 0 atom stereocenters. The number of ether oxygens (including phenoxy) is 3. The number of carbonyl (C=O) groups excluding carboxylic acids is 1. The highest BCUT2D eigenvalue weighted by atomic mass is 35.5. The highest BCUT2D eigenvalue weighted by molar-refractivity contribution is 5.86. The number of rotatable bonds is 13. The van der Waals surface area contributed by atoms with Crippen molar-refractivity contribution in [2.45, 2.75) is 27.7 Å². The van der Waals surface area contributed by atoms with Crippen LogP contribution in [0.15, 0.2) is 12.2 Å². The van der Waals surface area contributed by atoms with Crippen LogP contribution in [-0.2, 0) is 19.0 Å². The second-order valence-corrected chi connectivity index (χ2v) is 5.15. The Morgan fingerprint density at radius 3 is 1.82 bits per heavy atom. The van der Waals surface area contributed by atoms with Gasteiger partial charge in [-0.05, 0) is 27.7 Å². The summed E-state index contributed by atoms with van der Waals surface area (Å²) in [5.41, 5.74) is 0.405. The molecule has 0 bridgehead atoms. The van der Waals surface area contributed by atoms with E-state index in [-0.39, 0.29) is 25.0 Å². The lowest BCUT2D eigenvalue weighted by molar-refractivity contribution is -0.923. The molecule has 6 heteroatoms. The summed E-state index contributed by atoms with van der Waals surface area (Å²) in [6.07, 6.45) is 0. The molecule has 0 aliphatic heterocycles. The molecule has 22 heavy (non-hydrogen) atoms. The fourth-order valence-electron chi connectivity index (χ4n) is 2.04. The molecule has 0 N–H and O–H groups in total. The number of likely N-dealkylation sites (N-methyl/N-ethyl adjacent to an activating group) is 1. The number of quaternary nitrogens is 1. The van der Waals surface area contributed by atoms with Crippen molar-refractivity contribution in [1.29, 1.82) is 0 Å². The van der Waals surface area contributed by atoms with Crippen LogP contribution in [0.25, 0.3) is 0 Å². The minimum Gasteiger partial charge on any atom is -1.00 e. The minimum atomic E-state index is -0.373. The van der Waals surface area contributed by atoms with E-state index in [0.717, 1.165) is 37.3 Å². The maximum Gasteiger partial charge on any atom is 0.333 e. The van der Waals surface area contributed by atoms with Gasteiger partial charge >= 0.3 is 5.97 Å². The van der Waals surface area contributed by atoms with Crippen LogP contribution in [0.4, 0.5) is 0 Å². The molecule has 0 fully saturated rings. The van der Waals surface area contributed by atoms with Gasteiger partial charge in [0.15, 0.2) is 0 Å². The molecule has 0 amide bonds. The summed E-state index contributed by atoms with van der Waals surface area (Å²) in [6, 6.07) is 0. The van der Waals surface area contributed by atoms with Gasteiger partial charge in [-0.25, -0.2) is 4.79 Å². The van der Waals surface area contributed by atoms with Crippen molar-refractivity contribution in [3.05, 3.63) is 12.2 Å². The van der Waals surface area contributed by atoms with Crippen LogP contribution < -0.4 is 12.4 Å². The third-order valence-corrected chi connectivity index (χ3v) is 3.90. The molecule has 0 unspecified atom stereocenters. The monoisotopic (exact) mass is 337 g/mol. The fourth-order valence-corrected chi connectivity index (χ4v) is 2.04. The van der Waals surface area contributed by atoms with Gasteiger partial charge in [-0.15, -0.1) is 0 Å². The Labute approximate surface area is 141 Å². The number of esters is 1. The van der Waals surface area contributed by atoms with E-state index < -0.39 is 0 Å². The largest absolute Gasteiger partial charge is 1.00 e. The molecule has 0 aromatic heterocycles. The van der Waals surface area contributed by atoms with Crippen molar-refractivity contribution in [3.63, 3.8) is 0 Å². The first-order valence-electron chi connectivity index (χ1n) is 7.84. The maximum atomic E-state index is 11.1. The van der Waals surface area contributed by atoms with Gasteiger partial charge in [0.1, 0.15) is 13.2 Å². The standard InChI is InChI=1S/C16H32NO4.ClH/c1-6-17(7-2,8-3)9-10-19-11-12-20-13-14-21-16(18)15(4)5;/h4,6-14H2,1-3,5H3;1H/q+1;/p-1. The van der Waals surface area contributed by atoms with E-state index in [9.17, 15) is 4.79 Å². The van der Waals surface area contributed by atoms with Crippen LogP contribution in [0.1, 0.15) is 27.7 Å². The summed E-state index contributed by atoms with van der Waals surface area (Å²) in [6.45, 7) is 18.8. The van der Waals surface area contributed by atoms with Crippen LogP contribution in [0.2, 0.25) is 0 Å². The van der Waals surface area contributed by atoms with Crippen LogP contribution in [0, 0.1) is 0 Å². The molecule has 0 radical (unpaired) electrons. The molecule has 0 aromatic rings. The highest BCUT2D eigenvalue weighted by Gasteiger charge is 2.19. The molecule has 0 saturated heterocycles. The van der Waals surface area contributed by atoms with E-state index >= 15 is 0 Å². The van der Waals surface area contributed by atoms with Gasteiger partial charge in [-0.3, -0.25) is 0 Å². The van der Waals surface area contributed by atoms with Crippen molar-refractivity contribution in [2.24, 2.45) is 0 Å². The predicted octanol–water partition coefficient (Wildman–Crippen LogP) is -0.981. The molecule has 0 saturated carbocycles. The molecular formula is C16H32ClNO4. The maximum absolute atomic E-state index is 11.1. The van der Waals surface area contributed by atoms with Crippen molar-refractivity contribution in [1.82, 2.24) is 0 Å². The summed E-state index contributed by atoms with van der Waals surface area (Å²) >= 11 is 0. The quantitative estimate of drug-likeness (QED) is 0.187. The molecule has 0 aliphatic carbocycles. The minimum absolute atomic E-state index is 0. The van der Waals surface area contributed by atoms with E-state index in [0.29, 0.717) is 25.4 Å². The molecule has 5 nitrogen and oxygen atoms in total. The Balaban J connectivity index is 0. The number of carbonyl (C=O) groups is 1. The zero-order valence-electron chi connectivity index (χ0n) is 14.5. The van der Waals surface area contributed by atoms with Crippen molar-refractivity contribution >= 4 is 5.97 Å². The van der Waals surface area contributed by atoms with Crippen molar-refractivity contribution < 1.29 is 35.9 Å². The molecule has 0 aromatic carbocycles. The first-order chi connectivity index (χ1) is 10.0. The zero-order valence-corrected chi connectivity index (χ0v) is 15.3. The van der Waals surface area contributed by atoms with Gasteiger partial charge in [0, 0.05) is 5.57 Å². The van der Waals surface area contributed by atoms with Crippen LogP contribution >= 0.6 is 0 Å². The summed E-state index contributed by atoms with van der Waals surface area (Å²) < 4.78 is 16.9. The zero-order chi connectivity index (χ0) is 16.1. The SMILES string of the molecule is C=C(C)C(=O)OCCOCCOCC[N+](CC)(CC)CC.[Cl-]. The lowest BCUT2D eigenvalue weighted by Crippen LogP contribution is -3.00. The normalized spacial score (nSPS) is 10.9. The Hall–Kier alpha value is -0.620. The van der Waals surface area contributed by atoms with Gasteiger partial charge in [-0.1, -0.05) is 6.58 Å². The van der Waals surface area contributed by atoms with E-state index in [4.69, 9.17) is 14.2 Å². The second kappa shape index (κ2) is 14.0. The molecular weight excluding hydrogens is 306 g/mol. The van der Waals surface area contributed by atoms with Crippen LogP contribution in [0.3, 0.4) is 0 Å². The Kier molecular flexibility index (Phi) is 15.0. The lowest BCUT2D eigenvalue weighted by atomic mass is 10.3. The fraction of sp³-hybridized carbons (Fsp3) is 0.812. The predicted molar refractivity (Wildman–Crippen MR) is 84.2 cm³/mol. The Bertz CT molecular complexity index is 298. The van der Waals surface area contributed by atoms with E-state index in [1.165, 1.54) is 0 Å². The van der Waals surface area contributed by atoms with E-state index in [2.05, 4.69) is 27.4 Å². The number of hydrogen-bond acceptors (Lipinski definition) is 4. The van der Waals surface area contributed by atoms with Crippen molar-refractivity contribution in [3.8, 4) is 0 Å². The average Bonchev–Trinajstić information content (AvgIpc) is 2.49.